The maximum Gasteiger partial charge on any atom is 0.286 e. The molecule has 0 aliphatic carbocycles. The number of nitrogens with one attached hydrogen (secondary N) is 2. The number of hydrogen-bond acceptors (Lipinski definition) is 3. The normalized spacial score (nSPS) is 20.4. The number of amides is 1. The van der Waals surface area contributed by atoms with Crippen LogP contribution in [0, 0.1) is 0 Å². The van der Waals surface area contributed by atoms with Gasteiger partial charge in [0.15, 0.2) is 5.76 Å². The highest BCUT2D eigenvalue weighted by atomic mass is 16.3. The predicted molar refractivity (Wildman–Crippen MR) is 56.7 cm³/mol. The van der Waals surface area contributed by atoms with Crippen molar-refractivity contribution in [2.45, 2.75) is 25.3 Å². The van der Waals surface area contributed by atoms with Gasteiger partial charge >= 0.3 is 0 Å². The summed E-state index contributed by atoms with van der Waals surface area (Å²) in [6, 6.07) is 3.96. The second-order valence-electron chi connectivity index (χ2n) is 3.82. The Kier molecular flexibility index (Phi) is 3.40. The lowest BCUT2D eigenvalue weighted by Crippen LogP contribution is -2.30. The molecule has 82 valence electrons. The smallest absolute Gasteiger partial charge is 0.286 e. The molecule has 2 rings (SSSR count). The van der Waals surface area contributed by atoms with Crippen LogP contribution >= 0.6 is 0 Å². The van der Waals surface area contributed by atoms with Crippen LogP contribution in [0.15, 0.2) is 22.8 Å². The van der Waals surface area contributed by atoms with Crippen molar-refractivity contribution in [2.24, 2.45) is 0 Å². The zero-order valence-electron chi connectivity index (χ0n) is 8.66. The predicted octanol–water partition coefficient (Wildman–Crippen LogP) is 1.15. The zero-order chi connectivity index (χ0) is 10.5. The molecular weight excluding hydrogens is 192 g/mol. The average molecular weight is 208 g/mol. The largest absolute Gasteiger partial charge is 0.459 e. The van der Waals surface area contributed by atoms with Crippen molar-refractivity contribution in [2.75, 3.05) is 13.1 Å². The van der Waals surface area contributed by atoms with Crippen molar-refractivity contribution in [1.29, 1.82) is 0 Å². The molecule has 2 heterocycles. The Balaban J connectivity index is 1.67. The molecule has 0 bridgehead atoms. The van der Waals surface area contributed by atoms with Gasteiger partial charge in [0.2, 0.25) is 0 Å². The first-order chi connectivity index (χ1) is 7.36. The SMILES string of the molecule is O=C(NCC[C@@H]1CCCN1)c1ccco1. The molecule has 0 radical (unpaired) electrons. The highest BCUT2D eigenvalue weighted by molar-refractivity contribution is 5.91. The molecule has 0 saturated carbocycles. The van der Waals surface area contributed by atoms with Gasteiger partial charge in [-0.05, 0) is 37.9 Å². The fourth-order valence-corrected chi connectivity index (χ4v) is 1.86. The summed E-state index contributed by atoms with van der Waals surface area (Å²) in [6.07, 6.45) is 4.97. The van der Waals surface area contributed by atoms with Crippen LogP contribution in [0.4, 0.5) is 0 Å². The van der Waals surface area contributed by atoms with Gasteiger partial charge in [-0.1, -0.05) is 0 Å². The van der Waals surface area contributed by atoms with Gasteiger partial charge in [0.05, 0.1) is 6.26 Å². The topological polar surface area (TPSA) is 54.3 Å². The number of carbonyl (C=O) groups is 1. The lowest BCUT2D eigenvalue weighted by atomic mass is 10.1. The Hall–Kier alpha value is -1.29. The van der Waals surface area contributed by atoms with Crippen LogP contribution in [-0.4, -0.2) is 25.0 Å². The Morgan fingerprint density at radius 1 is 1.67 bits per heavy atom. The molecular formula is C11H16N2O2. The van der Waals surface area contributed by atoms with Crippen LogP contribution in [0.2, 0.25) is 0 Å². The van der Waals surface area contributed by atoms with Gasteiger partial charge in [-0.15, -0.1) is 0 Å². The van der Waals surface area contributed by atoms with Crippen molar-refractivity contribution in [3.63, 3.8) is 0 Å². The minimum atomic E-state index is -0.127. The molecule has 1 aromatic rings. The van der Waals surface area contributed by atoms with E-state index in [1.54, 1.807) is 12.1 Å². The Bertz CT molecular complexity index is 302. The van der Waals surface area contributed by atoms with E-state index in [4.69, 9.17) is 4.42 Å². The first-order valence-corrected chi connectivity index (χ1v) is 5.41. The summed E-state index contributed by atoms with van der Waals surface area (Å²) in [6.45, 7) is 1.81. The van der Waals surface area contributed by atoms with Crippen LogP contribution in [-0.2, 0) is 0 Å². The maximum absolute atomic E-state index is 11.5. The van der Waals surface area contributed by atoms with Crippen LogP contribution in [0.25, 0.3) is 0 Å². The second-order valence-corrected chi connectivity index (χ2v) is 3.82. The van der Waals surface area contributed by atoms with E-state index in [-0.39, 0.29) is 5.91 Å². The Morgan fingerprint density at radius 3 is 3.27 bits per heavy atom. The molecule has 15 heavy (non-hydrogen) atoms. The highest BCUT2D eigenvalue weighted by Gasteiger charge is 2.14. The van der Waals surface area contributed by atoms with Gasteiger partial charge in [-0.25, -0.2) is 0 Å². The number of hydrogen-bond donors (Lipinski definition) is 2. The number of rotatable bonds is 4. The summed E-state index contributed by atoms with van der Waals surface area (Å²) in [7, 11) is 0. The maximum atomic E-state index is 11.5. The van der Waals surface area contributed by atoms with Gasteiger partial charge in [-0.2, -0.15) is 0 Å². The van der Waals surface area contributed by atoms with E-state index in [1.807, 2.05) is 0 Å². The van der Waals surface area contributed by atoms with E-state index in [1.165, 1.54) is 19.1 Å². The molecule has 0 aromatic carbocycles. The molecule has 1 amide bonds. The van der Waals surface area contributed by atoms with Crippen molar-refractivity contribution < 1.29 is 9.21 Å². The fraction of sp³-hybridized carbons (Fsp3) is 0.545. The molecule has 4 nitrogen and oxygen atoms in total. The van der Waals surface area contributed by atoms with E-state index < -0.39 is 0 Å². The Morgan fingerprint density at radius 2 is 2.60 bits per heavy atom. The number of carbonyl (C=O) groups excluding carboxylic acids is 1. The summed E-state index contributed by atoms with van der Waals surface area (Å²) in [5.41, 5.74) is 0. The zero-order valence-corrected chi connectivity index (χ0v) is 8.66. The van der Waals surface area contributed by atoms with Gasteiger partial charge in [0.1, 0.15) is 0 Å². The molecule has 4 heteroatoms. The first kappa shape index (κ1) is 10.2. The summed E-state index contributed by atoms with van der Waals surface area (Å²) >= 11 is 0. The highest BCUT2D eigenvalue weighted by Crippen LogP contribution is 2.07. The van der Waals surface area contributed by atoms with Crippen molar-refractivity contribution in [3.05, 3.63) is 24.2 Å². The molecule has 2 N–H and O–H groups in total. The van der Waals surface area contributed by atoms with Gasteiger partial charge in [-0.3, -0.25) is 4.79 Å². The van der Waals surface area contributed by atoms with Crippen LogP contribution < -0.4 is 10.6 Å². The second kappa shape index (κ2) is 4.98. The lowest BCUT2D eigenvalue weighted by Gasteiger charge is -2.09. The lowest BCUT2D eigenvalue weighted by molar-refractivity contribution is 0.0924. The summed E-state index contributed by atoms with van der Waals surface area (Å²) in [4.78, 5) is 11.5. The first-order valence-electron chi connectivity index (χ1n) is 5.41. The molecule has 1 aliphatic rings. The summed E-state index contributed by atoms with van der Waals surface area (Å²) < 4.78 is 4.99. The van der Waals surface area contributed by atoms with Crippen LogP contribution in [0.1, 0.15) is 29.8 Å². The minimum Gasteiger partial charge on any atom is -0.459 e. The molecule has 1 saturated heterocycles. The van der Waals surface area contributed by atoms with Crippen molar-refractivity contribution >= 4 is 5.91 Å². The minimum absolute atomic E-state index is 0.127. The quantitative estimate of drug-likeness (QED) is 0.780. The van der Waals surface area contributed by atoms with E-state index in [2.05, 4.69) is 10.6 Å². The van der Waals surface area contributed by atoms with E-state index in [9.17, 15) is 4.79 Å². The molecule has 0 unspecified atom stereocenters. The molecule has 1 aromatic heterocycles. The van der Waals surface area contributed by atoms with E-state index in [0.29, 0.717) is 18.3 Å². The van der Waals surface area contributed by atoms with Crippen LogP contribution in [0.5, 0.6) is 0 Å². The third-order valence-electron chi connectivity index (χ3n) is 2.69. The third kappa shape index (κ3) is 2.83. The molecule has 1 atom stereocenters. The molecule has 1 aliphatic heterocycles. The van der Waals surface area contributed by atoms with Gasteiger partial charge < -0.3 is 15.1 Å². The fourth-order valence-electron chi connectivity index (χ4n) is 1.86. The monoisotopic (exact) mass is 208 g/mol. The van der Waals surface area contributed by atoms with Crippen molar-refractivity contribution in [3.8, 4) is 0 Å². The summed E-state index contributed by atoms with van der Waals surface area (Å²) in [5, 5.41) is 6.23. The molecule has 0 spiro atoms. The van der Waals surface area contributed by atoms with Crippen LogP contribution in [0.3, 0.4) is 0 Å². The summed E-state index contributed by atoms with van der Waals surface area (Å²) in [5.74, 6) is 0.257. The standard InChI is InChI=1S/C11H16N2O2/c14-11(10-4-2-8-15-10)13-7-5-9-3-1-6-12-9/h2,4,8-9,12H,1,3,5-7H2,(H,13,14)/t9-/m0/s1. The van der Waals surface area contributed by atoms with E-state index in [0.717, 1.165) is 13.0 Å². The number of furan rings is 1. The van der Waals surface area contributed by atoms with E-state index >= 15 is 0 Å². The third-order valence-corrected chi connectivity index (χ3v) is 2.69. The van der Waals surface area contributed by atoms with Gasteiger partial charge in [0, 0.05) is 12.6 Å². The average Bonchev–Trinajstić information content (AvgIpc) is 2.90. The van der Waals surface area contributed by atoms with Crippen molar-refractivity contribution in [1.82, 2.24) is 10.6 Å². The van der Waals surface area contributed by atoms with Gasteiger partial charge in [0.25, 0.3) is 5.91 Å². The molecule has 1 fully saturated rings. The Labute approximate surface area is 89.0 Å².